The predicted octanol–water partition coefficient (Wildman–Crippen LogP) is 4.89. The van der Waals surface area contributed by atoms with E-state index in [1.165, 1.54) is 14.0 Å². The molecule has 3 aromatic rings. The van der Waals surface area contributed by atoms with Crippen LogP contribution in [0.15, 0.2) is 78.9 Å². The van der Waals surface area contributed by atoms with Gasteiger partial charge in [0, 0.05) is 13.3 Å². The molecule has 0 aliphatic rings. The van der Waals surface area contributed by atoms with Crippen LogP contribution in [0.1, 0.15) is 55.0 Å². The highest BCUT2D eigenvalue weighted by atomic mass is 16.5. The van der Waals surface area contributed by atoms with E-state index in [1.807, 2.05) is 117 Å². The normalized spacial score (nSPS) is 12.6. The van der Waals surface area contributed by atoms with E-state index in [9.17, 15) is 19.2 Å². The highest BCUT2D eigenvalue weighted by molar-refractivity contribution is 5.92. The summed E-state index contributed by atoms with van der Waals surface area (Å²) in [6, 6.07) is 23.7. The maximum atomic E-state index is 13.5. The third-order valence-corrected chi connectivity index (χ3v) is 6.83. The minimum Gasteiger partial charge on any atom is -0.467 e. The summed E-state index contributed by atoms with van der Waals surface area (Å²) in [5.41, 5.74) is 4.66. The molecule has 8 nitrogen and oxygen atoms in total. The molecule has 2 atom stereocenters. The number of ether oxygens (including phenoxy) is 1. The molecule has 0 saturated heterocycles. The van der Waals surface area contributed by atoms with E-state index in [1.54, 1.807) is 0 Å². The van der Waals surface area contributed by atoms with Gasteiger partial charge in [0.05, 0.1) is 13.7 Å². The molecule has 3 N–H and O–H groups in total. The number of hydrogen-bond donors (Lipinski definition) is 3. The van der Waals surface area contributed by atoms with E-state index < -0.39 is 29.9 Å². The number of nitrogens with one attached hydrogen (secondary N) is 3. The van der Waals surface area contributed by atoms with Crippen LogP contribution in [0.4, 0.5) is 0 Å². The van der Waals surface area contributed by atoms with Crippen molar-refractivity contribution in [2.24, 2.45) is 5.92 Å². The van der Waals surface area contributed by atoms with E-state index in [0.717, 1.165) is 27.8 Å². The summed E-state index contributed by atoms with van der Waals surface area (Å²) in [6.45, 7) is 4.91. The van der Waals surface area contributed by atoms with Crippen molar-refractivity contribution in [2.75, 3.05) is 13.7 Å². The van der Waals surface area contributed by atoms with Crippen LogP contribution in [0.25, 0.3) is 24.3 Å². The third-order valence-electron chi connectivity index (χ3n) is 6.83. The third kappa shape index (κ3) is 11.0. The standard InChI is InChI=1S/C36H41N3O5/c1-25(2)22-32(38-34(41)24-37-26(3)40)35(42)39-33(36(43)44-4)23-31-29(20-18-27-12-7-5-8-13-27)16-11-17-30(31)21-19-28-14-9-6-10-15-28/h5-21,25,32-33H,22-24H2,1-4H3,(H,37,40)(H,38,41)(H,39,42)/b20-18+,21-19+/t32-,33-/m0/s1. The molecule has 0 radical (unpaired) electrons. The Balaban J connectivity index is 1.95. The van der Waals surface area contributed by atoms with Crippen LogP contribution in [0, 0.1) is 5.92 Å². The molecule has 3 amide bonds. The lowest BCUT2D eigenvalue weighted by atomic mass is 9.93. The molecule has 230 valence electrons. The van der Waals surface area contributed by atoms with E-state index in [0.29, 0.717) is 6.42 Å². The Kier molecular flexibility index (Phi) is 13.1. The van der Waals surface area contributed by atoms with Gasteiger partial charge in [-0.3, -0.25) is 14.4 Å². The van der Waals surface area contributed by atoms with E-state index in [2.05, 4.69) is 16.0 Å². The summed E-state index contributed by atoms with van der Waals surface area (Å²) < 4.78 is 5.11. The van der Waals surface area contributed by atoms with Crippen molar-refractivity contribution in [3.63, 3.8) is 0 Å². The minimum atomic E-state index is -1.02. The number of carbonyl (C=O) groups excluding carboxylic acids is 4. The van der Waals surface area contributed by atoms with Crippen LogP contribution in [-0.4, -0.2) is 49.4 Å². The molecule has 3 rings (SSSR count). The van der Waals surface area contributed by atoms with Crippen LogP contribution in [0.2, 0.25) is 0 Å². The van der Waals surface area contributed by atoms with Gasteiger partial charge in [0.25, 0.3) is 0 Å². The summed E-state index contributed by atoms with van der Waals surface area (Å²) in [6.07, 6.45) is 8.47. The van der Waals surface area contributed by atoms with Gasteiger partial charge in [0.1, 0.15) is 12.1 Å². The fraction of sp³-hybridized carbons (Fsp3) is 0.278. The molecular formula is C36H41N3O5. The second-order valence-corrected chi connectivity index (χ2v) is 10.9. The van der Waals surface area contributed by atoms with E-state index >= 15 is 0 Å². The lowest BCUT2D eigenvalue weighted by Crippen LogP contribution is -2.54. The van der Waals surface area contributed by atoms with Crippen molar-refractivity contribution in [1.29, 1.82) is 0 Å². The number of hydrogen-bond acceptors (Lipinski definition) is 5. The largest absolute Gasteiger partial charge is 0.467 e. The van der Waals surface area contributed by atoms with Gasteiger partial charge in [-0.05, 0) is 40.2 Å². The number of esters is 1. The Bertz CT molecular complexity index is 1400. The van der Waals surface area contributed by atoms with Crippen molar-refractivity contribution in [3.05, 3.63) is 107 Å². The number of carbonyl (C=O) groups is 4. The molecule has 0 aliphatic heterocycles. The van der Waals surface area contributed by atoms with Crippen molar-refractivity contribution in [2.45, 2.75) is 45.7 Å². The summed E-state index contributed by atoms with van der Waals surface area (Å²) >= 11 is 0. The lowest BCUT2D eigenvalue weighted by Gasteiger charge is -2.24. The van der Waals surface area contributed by atoms with Crippen molar-refractivity contribution in [1.82, 2.24) is 16.0 Å². The quantitative estimate of drug-likeness (QED) is 0.181. The number of methoxy groups -OCH3 is 1. The summed E-state index contributed by atoms with van der Waals surface area (Å²) in [4.78, 5) is 50.3. The van der Waals surface area contributed by atoms with Gasteiger partial charge < -0.3 is 20.7 Å². The summed E-state index contributed by atoms with van der Waals surface area (Å²) in [5.74, 6) is -1.90. The molecular weight excluding hydrogens is 554 g/mol. The van der Waals surface area contributed by atoms with Crippen molar-refractivity contribution >= 4 is 48.0 Å². The van der Waals surface area contributed by atoms with Gasteiger partial charge in [-0.1, -0.05) is 117 Å². The van der Waals surface area contributed by atoms with Crippen LogP contribution >= 0.6 is 0 Å². The molecule has 8 heteroatoms. The maximum Gasteiger partial charge on any atom is 0.328 e. The van der Waals surface area contributed by atoms with E-state index in [-0.39, 0.29) is 24.8 Å². The van der Waals surface area contributed by atoms with E-state index in [4.69, 9.17) is 4.74 Å². The Hall–Kier alpha value is -4.98. The highest BCUT2D eigenvalue weighted by Crippen LogP contribution is 2.23. The second kappa shape index (κ2) is 17.2. The number of benzene rings is 3. The van der Waals surface area contributed by atoms with Gasteiger partial charge in [-0.2, -0.15) is 0 Å². The second-order valence-electron chi connectivity index (χ2n) is 10.9. The first-order valence-electron chi connectivity index (χ1n) is 14.7. The average molecular weight is 596 g/mol. The Morgan fingerprint density at radius 2 is 1.27 bits per heavy atom. The highest BCUT2D eigenvalue weighted by Gasteiger charge is 2.29. The average Bonchev–Trinajstić information content (AvgIpc) is 3.02. The first-order chi connectivity index (χ1) is 21.2. The summed E-state index contributed by atoms with van der Waals surface area (Å²) in [7, 11) is 1.28. The Morgan fingerprint density at radius 1 is 0.727 bits per heavy atom. The van der Waals surface area contributed by atoms with Gasteiger partial charge in [0.2, 0.25) is 17.7 Å². The van der Waals surface area contributed by atoms with Gasteiger partial charge in [-0.25, -0.2) is 4.79 Å². The molecule has 0 aliphatic carbocycles. The molecule has 0 spiro atoms. The zero-order valence-corrected chi connectivity index (χ0v) is 25.7. The lowest BCUT2D eigenvalue weighted by molar-refractivity contribution is -0.145. The van der Waals surface area contributed by atoms with Crippen LogP contribution < -0.4 is 16.0 Å². The maximum absolute atomic E-state index is 13.5. The first kappa shape index (κ1) is 33.5. The SMILES string of the molecule is COC(=O)[C@H](Cc1c(/C=C/c2ccccc2)cccc1/C=C/c1ccccc1)NC(=O)[C@H](CC(C)C)NC(=O)CNC(C)=O. The van der Waals surface area contributed by atoms with Crippen LogP contribution in [0.3, 0.4) is 0 Å². The molecule has 0 saturated carbocycles. The zero-order chi connectivity index (χ0) is 31.9. The molecule has 0 unspecified atom stereocenters. The summed E-state index contributed by atoms with van der Waals surface area (Å²) in [5, 5.41) is 7.95. The van der Waals surface area contributed by atoms with Crippen molar-refractivity contribution in [3.8, 4) is 0 Å². The smallest absolute Gasteiger partial charge is 0.328 e. The van der Waals surface area contributed by atoms with Crippen LogP contribution in [0.5, 0.6) is 0 Å². The Labute approximate surface area is 259 Å². The van der Waals surface area contributed by atoms with Crippen LogP contribution in [-0.2, 0) is 30.3 Å². The van der Waals surface area contributed by atoms with Crippen molar-refractivity contribution < 1.29 is 23.9 Å². The van der Waals surface area contributed by atoms with Gasteiger partial charge >= 0.3 is 5.97 Å². The van der Waals surface area contributed by atoms with Gasteiger partial charge in [0.15, 0.2) is 0 Å². The Morgan fingerprint density at radius 3 is 1.75 bits per heavy atom. The predicted molar refractivity (Wildman–Crippen MR) is 175 cm³/mol. The number of amides is 3. The molecule has 0 fully saturated rings. The minimum absolute atomic E-state index is 0.0713. The molecule has 44 heavy (non-hydrogen) atoms. The monoisotopic (exact) mass is 595 g/mol. The molecule has 3 aromatic carbocycles. The molecule has 0 heterocycles. The number of rotatable bonds is 14. The first-order valence-corrected chi connectivity index (χ1v) is 14.7. The fourth-order valence-electron chi connectivity index (χ4n) is 4.64. The van der Waals surface area contributed by atoms with Gasteiger partial charge in [-0.15, -0.1) is 0 Å². The zero-order valence-electron chi connectivity index (χ0n) is 25.7. The molecule has 0 bridgehead atoms. The topological polar surface area (TPSA) is 114 Å². The fourth-order valence-corrected chi connectivity index (χ4v) is 4.64. The molecule has 0 aromatic heterocycles.